The van der Waals surface area contributed by atoms with E-state index >= 15 is 0 Å². The Morgan fingerprint density at radius 3 is 2.09 bits per heavy atom. The van der Waals surface area contributed by atoms with E-state index < -0.39 is 39.6 Å². The lowest BCUT2D eigenvalue weighted by molar-refractivity contribution is -0.640. The summed E-state index contributed by atoms with van der Waals surface area (Å²) in [7, 11) is -2.84. The molecule has 1 fully saturated rings. The van der Waals surface area contributed by atoms with E-state index in [4.69, 9.17) is 14.3 Å². The van der Waals surface area contributed by atoms with Crippen LogP contribution in [0.3, 0.4) is 0 Å². The van der Waals surface area contributed by atoms with E-state index in [0.29, 0.717) is 43.7 Å². The Balaban J connectivity index is 1.48. The number of pyridine rings is 1. The third-order valence-electron chi connectivity index (χ3n) is 8.04. The van der Waals surface area contributed by atoms with Gasteiger partial charge in [-0.15, -0.1) is 5.06 Å². The molecule has 47 heavy (non-hydrogen) atoms. The molecule has 13 heteroatoms. The predicted molar refractivity (Wildman–Crippen MR) is 169 cm³/mol. The first-order valence-electron chi connectivity index (χ1n) is 14.6. The molecule has 2 amide bonds. The van der Waals surface area contributed by atoms with Gasteiger partial charge in [0.25, 0.3) is 21.9 Å². The SMILES string of the molecule is COc1ccc2c(c1)c(C(=O)Oc1c(C)cc(C(=O)ON3C(=O)CCC3=O)cc1C)c1cc3ccccc3cc1[n+]2CCS(=O)(=O)O. The van der Waals surface area contributed by atoms with Crippen LogP contribution in [0.2, 0.25) is 0 Å². The van der Waals surface area contributed by atoms with Crippen LogP contribution < -0.4 is 14.0 Å². The van der Waals surface area contributed by atoms with Crippen LogP contribution in [-0.4, -0.2) is 54.6 Å². The summed E-state index contributed by atoms with van der Waals surface area (Å²) in [6, 6.07) is 19.1. The van der Waals surface area contributed by atoms with Gasteiger partial charge in [0.2, 0.25) is 11.0 Å². The number of aromatic nitrogens is 1. The number of hydrogen-bond acceptors (Lipinski definition) is 9. The molecule has 1 aromatic heterocycles. The number of carbonyl (C=O) groups excluding carboxylic acids is 4. The van der Waals surface area contributed by atoms with E-state index in [1.807, 2.05) is 36.4 Å². The molecule has 6 rings (SSSR count). The van der Waals surface area contributed by atoms with Crippen molar-refractivity contribution in [2.75, 3.05) is 12.9 Å². The van der Waals surface area contributed by atoms with Crippen LogP contribution in [0.1, 0.15) is 44.7 Å². The van der Waals surface area contributed by atoms with Gasteiger partial charge in [-0.05, 0) is 66.1 Å². The summed E-state index contributed by atoms with van der Waals surface area (Å²) in [5.74, 6) is -2.77. The zero-order chi connectivity index (χ0) is 33.6. The minimum atomic E-state index is -4.32. The van der Waals surface area contributed by atoms with E-state index in [9.17, 15) is 32.1 Å². The molecule has 0 radical (unpaired) electrons. The van der Waals surface area contributed by atoms with Crippen molar-refractivity contribution in [3.63, 3.8) is 0 Å². The molecule has 2 heterocycles. The highest BCUT2D eigenvalue weighted by molar-refractivity contribution is 7.85. The van der Waals surface area contributed by atoms with Crippen LogP contribution >= 0.6 is 0 Å². The second kappa shape index (κ2) is 12.1. The summed E-state index contributed by atoms with van der Waals surface area (Å²) in [6.07, 6.45) is -0.0752. The number of aryl methyl sites for hydroxylation is 3. The Labute approximate surface area is 268 Å². The minimum absolute atomic E-state index is 0.0376. The normalized spacial score (nSPS) is 13.5. The molecular formula is C34H29N2O10S+. The third kappa shape index (κ3) is 6.10. The number of fused-ring (bicyclic) bond motifs is 3. The van der Waals surface area contributed by atoms with Crippen LogP contribution in [0.25, 0.3) is 32.6 Å². The number of nitrogens with zero attached hydrogens (tertiary/aromatic N) is 2. The summed E-state index contributed by atoms with van der Waals surface area (Å²) in [6.45, 7) is 3.18. The molecule has 1 aliphatic rings. The standard InChI is InChI=1S/C34H28N2O10S/c1-19-14-23(33(39)46-36-29(37)10-11-30(36)38)15-20(2)32(19)45-34(40)31-25-16-21-6-4-5-7-22(21)17-28(25)35(12-13-47(41,42)43)27-9-8-24(44-3)18-26(27)31/h4-9,14-18H,10-13H2,1-3H3/p+1. The van der Waals surface area contributed by atoms with Crippen LogP contribution in [-0.2, 0) is 31.1 Å². The van der Waals surface area contributed by atoms with Crippen LogP contribution in [0.4, 0.5) is 0 Å². The van der Waals surface area contributed by atoms with Crippen LogP contribution in [0, 0.1) is 13.8 Å². The highest BCUT2D eigenvalue weighted by Crippen LogP contribution is 2.33. The molecule has 0 bridgehead atoms. The minimum Gasteiger partial charge on any atom is -0.497 e. The summed E-state index contributed by atoms with van der Waals surface area (Å²) in [5, 5.41) is 3.03. The van der Waals surface area contributed by atoms with Crippen LogP contribution in [0.5, 0.6) is 11.5 Å². The molecule has 0 atom stereocenters. The number of amides is 2. The van der Waals surface area contributed by atoms with Gasteiger partial charge in [0.1, 0.15) is 17.3 Å². The molecule has 1 N–H and O–H groups in total. The van der Waals surface area contributed by atoms with E-state index in [-0.39, 0.29) is 36.3 Å². The van der Waals surface area contributed by atoms with E-state index in [0.717, 1.165) is 10.8 Å². The lowest BCUT2D eigenvalue weighted by atomic mass is 9.98. The number of benzene rings is 4. The smallest absolute Gasteiger partial charge is 0.363 e. The number of imide groups is 1. The van der Waals surface area contributed by atoms with E-state index in [1.54, 1.807) is 36.6 Å². The molecule has 1 saturated heterocycles. The van der Waals surface area contributed by atoms with E-state index in [1.165, 1.54) is 19.2 Å². The first-order chi connectivity index (χ1) is 22.3. The number of rotatable bonds is 8. The highest BCUT2D eigenvalue weighted by atomic mass is 32.2. The molecule has 5 aromatic rings. The van der Waals surface area contributed by atoms with Crippen molar-refractivity contribution >= 4 is 66.4 Å². The van der Waals surface area contributed by atoms with Gasteiger partial charge in [-0.3, -0.25) is 14.1 Å². The average molecular weight is 658 g/mol. The lowest BCUT2D eigenvalue weighted by Gasteiger charge is -2.16. The topological polar surface area (TPSA) is 157 Å². The maximum absolute atomic E-state index is 14.3. The van der Waals surface area contributed by atoms with Crippen LogP contribution in [0.15, 0.2) is 66.7 Å². The number of hydroxylamine groups is 2. The molecular weight excluding hydrogens is 628 g/mol. The van der Waals surface area contributed by atoms with Gasteiger partial charge >= 0.3 is 11.9 Å². The monoisotopic (exact) mass is 657 g/mol. The van der Waals surface area contributed by atoms with Crippen molar-refractivity contribution in [3.05, 3.63) is 89.0 Å². The number of esters is 1. The van der Waals surface area contributed by atoms with Gasteiger partial charge in [-0.1, -0.05) is 24.3 Å². The number of hydrogen-bond donors (Lipinski definition) is 1. The number of ether oxygens (including phenoxy) is 2. The van der Waals surface area contributed by atoms with Crippen molar-refractivity contribution in [1.29, 1.82) is 0 Å². The summed E-state index contributed by atoms with van der Waals surface area (Å²) >= 11 is 0. The zero-order valence-corrected chi connectivity index (χ0v) is 26.4. The molecule has 12 nitrogen and oxygen atoms in total. The molecule has 240 valence electrons. The fourth-order valence-electron chi connectivity index (χ4n) is 5.84. The van der Waals surface area contributed by atoms with Crippen molar-refractivity contribution in [2.45, 2.75) is 33.2 Å². The van der Waals surface area contributed by atoms with Crippen molar-refractivity contribution < 1.29 is 51.0 Å². The Kier molecular flexibility index (Phi) is 8.12. The predicted octanol–water partition coefficient (Wildman–Crippen LogP) is 4.39. The summed E-state index contributed by atoms with van der Waals surface area (Å²) < 4.78 is 46.4. The Bertz CT molecular complexity index is 2240. The van der Waals surface area contributed by atoms with Gasteiger partial charge in [0.05, 0.1) is 29.0 Å². The van der Waals surface area contributed by atoms with Crippen molar-refractivity contribution in [3.8, 4) is 11.5 Å². The van der Waals surface area contributed by atoms with Gasteiger partial charge in [0.15, 0.2) is 6.54 Å². The van der Waals surface area contributed by atoms with E-state index in [2.05, 4.69) is 0 Å². The summed E-state index contributed by atoms with van der Waals surface area (Å²) in [4.78, 5) is 56.0. The maximum atomic E-state index is 14.3. The fourth-order valence-corrected chi connectivity index (χ4v) is 6.25. The number of methoxy groups -OCH3 is 1. The maximum Gasteiger partial charge on any atom is 0.363 e. The molecule has 0 saturated carbocycles. The zero-order valence-electron chi connectivity index (χ0n) is 25.6. The van der Waals surface area contributed by atoms with Gasteiger partial charge in [-0.2, -0.15) is 13.0 Å². The third-order valence-corrected chi connectivity index (χ3v) is 8.73. The second-order valence-corrected chi connectivity index (χ2v) is 12.8. The first-order valence-corrected chi connectivity index (χ1v) is 16.2. The van der Waals surface area contributed by atoms with Crippen molar-refractivity contribution in [1.82, 2.24) is 5.06 Å². The Morgan fingerprint density at radius 2 is 1.47 bits per heavy atom. The largest absolute Gasteiger partial charge is 0.497 e. The number of carbonyl (C=O) groups is 4. The first kappa shape index (κ1) is 31.6. The van der Waals surface area contributed by atoms with Gasteiger partial charge in [0, 0.05) is 25.0 Å². The molecule has 1 aliphatic heterocycles. The molecule has 4 aromatic carbocycles. The molecule has 0 spiro atoms. The molecule has 0 unspecified atom stereocenters. The van der Waals surface area contributed by atoms with Crippen molar-refractivity contribution in [2.24, 2.45) is 0 Å². The van der Waals surface area contributed by atoms with Gasteiger partial charge < -0.3 is 14.3 Å². The quantitative estimate of drug-likeness (QED) is 0.0634. The lowest BCUT2D eigenvalue weighted by Crippen LogP contribution is -2.39. The summed E-state index contributed by atoms with van der Waals surface area (Å²) in [5.41, 5.74) is 2.12. The Morgan fingerprint density at radius 1 is 0.851 bits per heavy atom. The second-order valence-electron chi connectivity index (χ2n) is 11.2. The van der Waals surface area contributed by atoms with Gasteiger partial charge in [-0.25, -0.2) is 9.59 Å². The fraction of sp³-hybridized carbons (Fsp3) is 0.206. The Hall–Kier alpha value is -5.40. The highest BCUT2D eigenvalue weighted by Gasteiger charge is 2.34. The molecule has 0 aliphatic carbocycles. The average Bonchev–Trinajstić information content (AvgIpc) is 3.34.